The normalized spacial score (nSPS) is 10.8. The first-order valence-electron chi connectivity index (χ1n) is 13.4. The molecule has 3 rings (SSSR count). The highest BCUT2D eigenvalue weighted by atomic mass is 16.6. The molecule has 2 amide bonds. The van der Waals surface area contributed by atoms with Crippen molar-refractivity contribution in [2.75, 3.05) is 42.1 Å². The van der Waals surface area contributed by atoms with Crippen LogP contribution in [0, 0.1) is 18.3 Å². The Morgan fingerprint density at radius 3 is 2.41 bits per heavy atom. The topological polar surface area (TPSA) is 173 Å². The van der Waals surface area contributed by atoms with Crippen LogP contribution in [0.15, 0.2) is 36.4 Å². The number of hydrogen-bond donors (Lipinski definition) is 5. The molecule has 0 aliphatic heterocycles. The van der Waals surface area contributed by atoms with Gasteiger partial charge in [0, 0.05) is 43.1 Å². The van der Waals surface area contributed by atoms with Gasteiger partial charge in [-0.25, -0.2) is 4.79 Å². The van der Waals surface area contributed by atoms with Crippen LogP contribution in [0.25, 0.3) is 0 Å². The number of amides is 2. The molecular weight excluding hydrogens is 524 g/mol. The van der Waals surface area contributed by atoms with E-state index in [9.17, 15) is 9.59 Å². The Labute approximate surface area is 240 Å². The van der Waals surface area contributed by atoms with Gasteiger partial charge in [-0.3, -0.25) is 14.8 Å². The molecule has 218 valence electrons. The number of nitrogens with zero attached hydrogens (tertiary/aromatic N) is 5. The molecule has 0 bridgehead atoms. The van der Waals surface area contributed by atoms with Crippen molar-refractivity contribution >= 4 is 41.1 Å². The van der Waals surface area contributed by atoms with E-state index in [1.165, 1.54) is 4.90 Å². The molecule has 5 N–H and O–H groups in total. The molecule has 0 saturated carbocycles. The van der Waals surface area contributed by atoms with Gasteiger partial charge in [0.1, 0.15) is 23.8 Å². The van der Waals surface area contributed by atoms with Gasteiger partial charge in [0.25, 0.3) is 0 Å². The van der Waals surface area contributed by atoms with Gasteiger partial charge in [0.15, 0.2) is 5.82 Å². The third kappa shape index (κ3) is 10.7. The van der Waals surface area contributed by atoms with Crippen LogP contribution in [-0.4, -0.2) is 68.8 Å². The highest BCUT2D eigenvalue weighted by Crippen LogP contribution is 2.21. The molecule has 41 heavy (non-hydrogen) atoms. The molecule has 0 unspecified atom stereocenters. The lowest BCUT2D eigenvalue weighted by Crippen LogP contribution is -2.44. The molecule has 3 aromatic rings. The fraction of sp³-hybridized carbons (Fsp3) is 0.429. The molecule has 0 spiro atoms. The molecular formula is C28H38N10O3. The maximum Gasteiger partial charge on any atom is 0.410 e. The van der Waals surface area contributed by atoms with Crippen LogP contribution in [0.3, 0.4) is 0 Å². The second-order valence-corrected chi connectivity index (χ2v) is 10.4. The summed E-state index contributed by atoms with van der Waals surface area (Å²) < 4.78 is 5.41. The summed E-state index contributed by atoms with van der Waals surface area (Å²) in [5.74, 6) is 1.69. The number of carbonyl (C=O) groups excluding carboxylic acids is 2. The standard InChI is InChI=1S/C28H38N10O3/c1-6-15-38(27(40)41-28(3,4)5)18-25(39)31-14-13-30-22-17-23(33-24-16-19(2)36-37-24)35-26(34-22)32-21-9-7-20(8-10-21)11-12-29/h7-10,16-17H,6,11,13-15,18H2,1-5H3,(H,31,39)(H4,30,32,33,34,35,36,37). The molecule has 0 saturated heterocycles. The number of nitrogens with one attached hydrogen (secondary N) is 5. The van der Waals surface area contributed by atoms with E-state index in [0.29, 0.717) is 55.9 Å². The summed E-state index contributed by atoms with van der Waals surface area (Å²) in [5.41, 5.74) is 1.94. The SMILES string of the molecule is CCCN(CC(=O)NCCNc1cc(Nc2cc(C)[nH]n2)nc(Nc2ccc(CC#N)cc2)n1)C(=O)OC(C)(C)C. The van der Waals surface area contributed by atoms with Gasteiger partial charge in [-0.2, -0.15) is 20.3 Å². The Bertz CT molecular complexity index is 1340. The first-order valence-corrected chi connectivity index (χ1v) is 13.4. The number of ether oxygens (including phenoxy) is 1. The Kier molecular flexibility index (Phi) is 10.9. The molecule has 0 atom stereocenters. The first-order chi connectivity index (χ1) is 19.5. The zero-order valence-corrected chi connectivity index (χ0v) is 24.2. The highest BCUT2D eigenvalue weighted by Gasteiger charge is 2.23. The molecule has 1 aromatic carbocycles. The predicted molar refractivity (Wildman–Crippen MR) is 157 cm³/mol. The Morgan fingerprint density at radius 2 is 1.78 bits per heavy atom. The summed E-state index contributed by atoms with van der Waals surface area (Å²) in [5, 5.41) is 28.3. The fourth-order valence-electron chi connectivity index (χ4n) is 3.65. The second-order valence-electron chi connectivity index (χ2n) is 10.4. The van der Waals surface area contributed by atoms with Crippen molar-refractivity contribution in [3.05, 3.63) is 47.7 Å². The number of rotatable bonds is 13. The Hall–Kier alpha value is -4.86. The third-order valence-electron chi connectivity index (χ3n) is 5.41. The van der Waals surface area contributed by atoms with E-state index in [2.05, 4.69) is 47.5 Å². The average molecular weight is 563 g/mol. The summed E-state index contributed by atoms with van der Waals surface area (Å²) in [7, 11) is 0. The van der Waals surface area contributed by atoms with Gasteiger partial charge in [0.2, 0.25) is 11.9 Å². The Balaban J connectivity index is 1.62. The molecule has 13 heteroatoms. The Morgan fingerprint density at radius 1 is 1.05 bits per heavy atom. The largest absolute Gasteiger partial charge is 0.444 e. The quantitative estimate of drug-likeness (QED) is 0.190. The van der Waals surface area contributed by atoms with Crippen molar-refractivity contribution in [1.29, 1.82) is 5.26 Å². The monoisotopic (exact) mass is 562 g/mol. The van der Waals surface area contributed by atoms with Gasteiger partial charge in [-0.05, 0) is 51.8 Å². The lowest BCUT2D eigenvalue weighted by Gasteiger charge is -2.26. The average Bonchev–Trinajstić information content (AvgIpc) is 3.31. The maximum atomic E-state index is 12.5. The molecule has 0 radical (unpaired) electrons. The second kappa shape index (κ2) is 14.5. The van der Waals surface area contributed by atoms with Crippen molar-refractivity contribution in [2.24, 2.45) is 0 Å². The van der Waals surface area contributed by atoms with Gasteiger partial charge in [-0.1, -0.05) is 19.1 Å². The van der Waals surface area contributed by atoms with Crippen molar-refractivity contribution in [3.8, 4) is 6.07 Å². The number of carbonyl (C=O) groups is 2. The van der Waals surface area contributed by atoms with Crippen molar-refractivity contribution in [1.82, 2.24) is 30.4 Å². The van der Waals surface area contributed by atoms with Crippen molar-refractivity contribution < 1.29 is 14.3 Å². The minimum Gasteiger partial charge on any atom is -0.444 e. The van der Waals surface area contributed by atoms with Crippen molar-refractivity contribution in [2.45, 2.75) is 53.1 Å². The number of aromatic amines is 1. The first kappa shape index (κ1) is 30.7. The summed E-state index contributed by atoms with van der Waals surface area (Å²) in [6.07, 6.45) is 0.526. The molecule has 0 fully saturated rings. The predicted octanol–water partition coefficient (Wildman–Crippen LogP) is 4.24. The van der Waals surface area contributed by atoms with Crippen LogP contribution in [0.5, 0.6) is 0 Å². The van der Waals surface area contributed by atoms with Gasteiger partial charge in [0.05, 0.1) is 12.5 Å². The smallest absolute Gasteiger partial charge is 0.410 e. The number of nitriles is 1. The number of anilines is 5. The van der Waals surface area contributed by atoms with Crippen LogP contribution in [-0.2, 0) is 16.0 Å². The molecule has 0 aliphatic rings. The zero-order valence-electron chi connectivity index (χ0n) is 24.2. The van der Waals surface area contributed by atoms with E-state index < -0.39 is 11.7 Å². The molecule has 0 aliphatic carbocycles. The number of H-pyrrole nitrogens is 1. The van der Waals surface area contributed by atoms with Crippen LogP contribution in [0.2, 0.25) is 0 Å². The van der Waals surface area contributed by atoms with Crippen LogP contribution < -0.4 is 21.3 Å². The lowest BCUT2D eigenvalue weighted by molar-refractivity contribution is -0.122. The summed E-state index contributed by atoms with van der Waals surface area (Å²) in [6, 6.07) is 13.2. The number of aromatic nitrogens is 4. The highest BCUT2D eigenvalue weighted by molar-refractivity contribution is 5.82. The third-order valence-corrected chi connectivity index (χ3v) is 5.41. The van der Waals surface area contributed by atoms with E-state index in [-0.39, 0.29) is 12.5 Å². The summed E-state index contributed by atoms with van der Waals surface area (Å²) >= 11 is 0. The number of benzene rings is 1. The maximum absolute atomic E-state index is 12.5. The van der Waals surface area contributed by atoms with E-state index in [4.69, 9.17) is 10.00 Å². The van der Waals surface area contributed by atoms with E-state index in [1.54, 1.807) is 26.8 Å². The zero-order chi connectivity index (χ0) is 29.8. The number of hydrogen-bond acceptors (Lipinski definition) is 10. The molecule has 2 aromatic heterocycles. The van der Waals surface area contributed by atoms with Crippen LogP contribution in [0.4, 0.5) is 33.9 Å². The van der Waals surface area contributed by atoms with Gasteiger partial charge >= 0.3 is 6.09 Å². The summed E-state index contributed by atoms with van der Waals surface area (Å²) in [4.78, 5) is 35.5. The van der Waals surface area contributed by atoms with Crippen molar-refractivity contribution in [3.63, 3.8) is 0 Å². The summed E-state index contributed by atoms with van der Waals surface area (Å²) in [6.45, 7) is 10.2. The fourth-order valence-corrected chi connectivity index (χ4v) is 3.65. The molecule has 2 heterocycles. The van der Waals surface area contributed by atoms with Crippen LogP contribution >= 0.6 is 0 Å². The van der Waals surface area contributed by atoms with Crippen LogP contribution in [0.1, 0.15) is 45.4 Å². The number of aryl methyl sites for hydroxylation is 1. The van der Waals surface area contributed by atoms with Gasteiger partial charge < -0.3 is 26.0 Å². The lowest BCUT2D eigenvalue weighted by atomic mass is 10.1. The minimum atomic E-state index is -0.640. The van der Waals surface area contributed by atoms with E-state index in [0.717, 1.165) is 16.9 Å². The van der Waals surface area contributed by atoms with E-state index in [1.807, 2.05) is 44.2 Å². The molecule has 13 nitrogen and oxygen atoms in total. The van der Waals surface area contributed by atoms with Gasteiger partial charge in [-0.15, -0.1) is 0 Å². The van der Waals surface area contributed by atoms with E-state index >= 15 is 0 Å². The minimum absolute atomic E-state index is 0.0887.